The van der Waals surface area contributed by atoms with E-state index in [0.29, 0.717) is 5.56 Å². The highest BCUT2D eigenvalue weighted by Gasteiger charge is 2.09. The van der Waals surface area contributed by atoms with Crippen molar-refractivity contribution in [1.29, 1.82) is 5.26 Å². The van der Waals surface area contributed by atoms with E-state index in [1.165, 1.54) is 29.5 Å². The largest absolute Gasteiger partial charge is 0.478 e. The van der Waals surface area contributed by atoms with Gasteiger partial charge in [-0.3, -0.25) is 0 Å². The molecule has 0 saturated heterocycles. The van der Waals surface area contributed by atoms with Crippen LogP contribution in [-0.2, 0) is 6.42 Å². The lowest BCUT2D eigenvalue weighted by molar-refractivity contribution is 0.0697. The summed E-state index contributed by atoms with van der Waals surface area (Å²) in [4.78, 5) is 12.7. The average molecular weight is 283 g/mol. The lowest BCUT2D eigenvalue weighted by Gasteiger charge is -2.06. The summed E-state index contributed by atoms with van der Waals surface area (Å²) in [5.41, 5.74) is 1.78. The molecule has 0 amide bonds. The van der Waals surface area contributed by atoms with Crippen LogP contribution < -0.4 is 0 Å². The molecule has 0 aliphatic heterocycles. The van der Waals surface area contributed by atoms with Crippen LogP contribution in [0.5, 0.6) is 0 Å². The van der Waals surface area contributed by atoms with E-state index < -0.39 is 5.97 Å². The minimum atomic E-state index is -1.02. The van der Waals surface area contributed by atoms with Crippen molar-refractivity contribution < 1.29 is 9.90 Å². The zero-order chi connectivity index (χ0) is 14.5. The van der Waals surface area contributed by atoms with Gasteiger partial charge in [0.1, 0.15) is 6.07 Å². The van der Waals surface area contributed by atoms with Gasteiger partial charge in [0.2, 0.25) is 0 Å². The number of carboxylic acids is 1. The third kappa shape index (κ3) is 3.19. The zero-order valence-electron chi connectivity index (χ0n) is 11.0. The summed E-state index contributed by atoms with van der Waals surface area (Å²) >= 11 is 1.46. The molecule has 0 fully saturated rings. The summed E-state index contributed by atoms with van der Waals surface area (Å²) in [5, 5.41) is 18.1. The highest BCUT2D eigenvalue weighted by atomic mass is 32.2. The maximum Gasteiger partial charge on any atom is 0.335 e. The lowest BCUT2D eigenvalue weighted by Crippen LogP contribution is -1.97. The number of hydrogen-bond donors (Lipinski definition) is 1. The predicted octanol–water partition coefficient (Wildman–Crippen LogP) is 3.97. The van der Waals surface area contributed by atoms with Crippen molar-refractivity contribution in [3.63, 3.8) is 0 Å². The molecule has 0 bridgehead atoms. The molecule has 0 unspecified atom stereocenters. The Hall–Kier alpha value is -2.25. The first-order valence-corrected chi connectivity index (χ1v) is 7.00. The smallest absolute Gasteiger partial charge is 0.335 e. The van der Waals surface area contributed by atoms with Gasteiger partial charge in [0, 0.05) is 9.79 Å². The van der Waals surface area contributed by atoms with E-state index >= 15 is 0 Å². The molecule has 2 rings (SSSR count). The molecule has 0 saturated carbocycles. The van der Waals surface area contributed by atoms with Crippen LogP contribution in [0.4, 0.5) is 0 Å². The number of carboxylic acid groups (broad SMARTS) is 1. The highest BCUT2D eigenvalue weighted by Crippen LogP contribution is 2.31. The number of nitrogens with zero attached hydrogens (tertiary/aromatic N) is 1. The van der Waals surface area contributed by atoms with Crippen molar-refractivity contribution in [2.45, 2.75) is 23.1 Å². The van der Waals surface area contributed by atoms with Crippen molar-refractivity contribution >= 4 is 17.7 Å². The van der Waals surface area contributed by atoms with E-state index in [0.717, 1.165) is 16.2 Å². The second-order valence-electron chi connectivity index (χ2n) is 4.23. The maximum absolute atomic E-state index is 10.9. The molecular formula is C16H13NO2S. The Kier molecular flexibility index (Phi) is 4.44. The van der Waals surface area contributed by atoms with E-state index in [4.69, 9.17) is 10.4 Å². The van der Waals surface area contributed by atoms with Gasteiger partial charge in [0.25, 0.3) is 0 Å². The number of hydrogen-bond acceptors (Lipinski definition) is 3. The van der Waals surface area contributed by atoms with E-state index in [2.05, 4.69) is 19.1 Å². The second-order valence-corrected chi connectivity index (χ2v) is 5.34. The van der Waals surface area contributed by atoms with E-state index in [-0.39, 0.29) is 5.56 Å². The molecular weight excluding hydrogens is 270 g/mol. The van der Waals surface area contributed by atoms with Crippen molar-refractivity contribution in [3.8, 4) is 6.07 Å². The minimum Gasteiger partial charge on any atom is -0.478 e. The van der Waals surface area contributed by atoms with Crippen LogP contribution in [-0.4, -0.2) is 11.1 Å². The summed E-state index contributed by atoms with van der Waals surface area (Å²) in [7, 11) is 0. The number of carbonyl (C=O) groups is 1. The Bertz CT molecular complexity index is 672. The molecule has 4 heteroatoms. The second kappa shape index (κ2) is 6.27. The summed E-state index contributed by atoms with van der Waals surface area (Å²) < 4.78 is 0. The SMILES string of the molecule is CCc1ccc(Sc2ccc(C(=O)O)cc2C#N)cc1. The fourth-order valence-corrected chi connectivity index (χ4v) is 2.64. The van der Waals surface area contributed by atoms with Crippen molar-refractivity contribution in [2.24, 2.45) is 0 Å². The molecule has 3 nitrogen and oxygen atoms in total. The Morgan fingerprint density at radius 2 is 1.95 bits per heavy atom. The van der Waals surface area contributed by atoms with Gasteiger partial charge in [-0.2, -0.15) is 5.26 Å². The van der Waals surface area contributed by atoms with E-state index in [1.54, 1.807) is 6.07 Å². The molecule has 0 spiro atoms. The first-order valence-electron chi connectivity index (χ1n) is 6.18. The standard InChI is InChI=1S/C16H13NO2S/c1-2-11-3-6-14(7-4-11)20-15-8-5-12(16(18)19)9-13(15)10-17/h3-9H,2H2,1H3,(H,18,19). The van der Waals surface area contributed by atoms with Crippen molar-refractivity contribution in [3.05, 3.63) is 59.2 Å². The zero-order valence-corrected chi connectivity index (χ0v) is 11.8. The predicted molar refractivity (Wildman–Crippen MR) is 78.1 cm³/mol. The molecule has 0 aliphatic rings. The summed E-state index contributed by atoms with van der Waals surface area (Å²) in [6, 6.07) is 14.8. The van der Waals surface area contributed by atoms with Gasteiger partial charge in [-0.05, 0) is 42.3 Å². The quantitative estimate of drug-likeness (QED) is 0.922. The topological polar surface area (TPSA) is 61.1 Å². The normalized spacial score (nSPS) is 10.0. The van der Waals surface area contributed by atoms with Crippen LogP contribution in [0.2, 0.25) is 0 Å². The third-order valence-corrected chi connectivity index (χ3v) is 3.99. The molecule has 20 heavy (non-hydrogen) atoms. The lowest BCUT2D eigenvalue weighted by atomic mass is 10.1. The fourth-order valence-electron chi connectivity index (χ4n) is 1.76. The maximum atomic E-state index is 10.9. The Morgan fingerprint density at radius 3 is 2.50 bits per heavy atom. The first-order chi connectivity index (χ1) is 9.63. The number of aromatic carboxylic acids is 1. The Balaban J connectivity index is 2.28. The van der Waals surface area contributed by atoms with Crippen LogP contribution >= 0.6 is 11.8 Å². The Morgan fingerprint density at radius 1 is 1.25 bits per heavy atom. The summed E-state index contributed by atoms with van der Waals surface area (Å²) in [6.45, 7) is 2.10. The van der Waals surface area contributed by atoms with Gasteiger partial charge in [-0.25, -0.2) is 4.79 Å². The Labute approximate surface area is 121 Å². The van der Waals surface area contributed by atoms with E-state index in [1.807, 2.05) is 18.2 Å². The summed E-state index contributed by atoms with van der Waals surface area (Å²) in [6.07, 6.45) is 0.988. The van der Waals surface area contributed by atoms with Crippen LogP contribution in [0, 0.1) is 11.3 Å². The molecule has 2 aromatic carbocycles. The van der Waals surface area contributed by atoms with Gasteiger partial charge in [-0.15, -0.1) is 0 Å². The molecule has 1 N–H and O–H groups in total. The van der Waals surface area contributed by atoms with Gasteiger partial charge in [-0.1, -0.05) is 30.8 Å². The van der Waals surface area contributed by atoms with E-state index in [9.17, 15) is 4.79 Å². The number of benzene rings is 2. The van der Waals surface area contributed by atoms with Crippen LogP contribution in [0.25, 0.3) is 0 Å². The number of aryl methyl sites for hydroxylation is 1. The molecule has 0 aliphatic carbocycles. The molecule has 100 valence electrons. The number of nitriles is 1. The molecule has 0 atom stereocenters. The van der Waals surface area contributed by atoms with Crippen molar-refractivity contribution in [1.82, 2.24) is 0 Å². The molecule has 0 aromatic heterocycles. The minimum absolute atomic E-state index is 0.132. The average Bonchev–Trinajstić information content (AvgIpc) is 2.48. The first kappa shape index (κ1) is 14.2. The van der Waals surface area contributed by atoms with Gasteiger partial charge in [0.15, 0.2) is 0 Å². The van der Waals surface area contributed by atoms with Gasteiger partial charge in [0.05, 0.1) is 11.1 Å². The molecule has 0 radical (unpaired) electrons. The van der Waals surface area contributed by atoms with Gasteiger partial charge < -0.3 is 5.11 Å². The van der Waals surface area contributed by atoms with Gasteiger partial charge >= 0.3 is 5.97 Å². The van der Waals surface area contributed by atoms with Crippen molar-refractivity contribution in [2.75, 3.05) is 0 Å². The monoisotopic (exact) mass is 283 g/mol. The highest BCUT2D eigenvalue weighted by molar-refractivity contribution is 7.99. The fraction of sp³-hybridized carbons (Fsp3) is 0.125. The van der Waals surface area contributed by atoms with Crippen LogP contribution in [0.3, 0.4) is 0 Å². The third-order valence-electron chi connectivity index (χ3n) is 2.91. The molecule has 0 heterocycles. The molecule has 2 aromatic rings. The van der Waals surface area contributed by atoms with Crippen LogP contribution in [0.15, 0.2) is 52.3 Å². The summed E-state index contributed by atoms with van der Waals surface area (Å²) in [5.74, 6) is -1.02. The number of rotatable bonds is 4. The van der Waals surface area contributed by atoms with Crippen LogP contribution in [0.1, 0.15) is 28.4 Å².